The maximum atomic E-state index is 12.9. The van der Waals surface area contributed by atoms with Crippen molar-refractivity contribution >= 4 is 11.8 Å². The van der Waals surface area contributed by atoms with Crippen LogP contribution in [0.5, 0.6) is 0 Å². The highest BCUT2D eigenvalue weighted by atomic mass is 16.2. The first-order valence-corrected chi connectivity index (χ1v) is 9.93. The van der Waals surface area contributed by atoms with E-state index in [4.69, 9.17) is 0 Å². The fourth-order valence-corrected chi connectivity index (χ4v) is 4.39. The third kappa shape index (κ3) is 3.30. The van der Waals surface area contributed by atoms with Crippen molar-refractivity contribution in [1.29, 1.82) is 0 Å². The predicted octanol–water partition coefficient (Wildman–Crippen LogP) is 1.50. The van der Waals surface area contributed by atoms with Gasteiger partial charge in [0, 0.05) is 37.3 Å². The molecule has 1 aromatic carbocycles. The van der Waals surface area contributed by atoms with Gasteiger partial charge in [-0.25, -0.2) is 4.98 Å². The summed E-state index contributed by atoms with van der Waals surface area (Å²) in [7, 11) is 0. The Balaban J connectivity index is 1.38. The molecule has 1 fully saturated rings. The number of hydrogen-bond acceptors (Lipinski definition) is 4. The van der Waals surface area contributed by atoms with E-state index in [0.717, 1.165) is 37.1 Å². The largest absolute Gasteiger partial charge is 0.348 e. The van der Waals surface area contributed by atoms with Crippen LogP contribution in [0.15, 0.2) is 30.6 Å². The Bertz CT molecular complexity index is 882. The Morgan fingerprint density at radius 1 is 1.25 bits per heavy atom. The molecule has 1 atom stereocenters. The molecule has 2 aliphatic heterocycles. The molecule has 1 saturated heterocycles. The number of nitrogens with one attached hydrogen (secondary N) is 3. The second kappa shape index (κ2) is 7.39. The molecule has 0 bridgehead atoms. The quantitative estimate of drug-likeness (QED) is 0.752. The molecular formula is C21H27N5O2. The van der Waals surface area contributed by atoms with Crippen molar-refractivity contribution < 1.29 is 9.59 Å². The minimum Gasteiger partial charge on any atom is -0.348 e. The topological polar surface area (TPSA) is 90.1 Å². The van der Waals surface area contributed by atoms with Crippen LogP contribution in [0.4, 0.5) is 0 Å². The Morgan fingerprint density at radius 3 is 2.75 bits per heavy atom. The lowest BCUT2D eigenvalue weighted by atomic mass is 9.80. The smallest absolute Gasteiger partial charge is 0.252 e. The summed E-state index contributed by atoms with van der Waals surface area (Å²) in [6.07, 6.45) is 4.38. The first kappa shape index (κ1) is 18.7. The van der Waals surface area contributed by atoms with E-state index in [2.05, 4.69) is 20.6 Å². The molecule has 2 aromatic rings. The van der Waals surface area contributed by atoms with Gasteiger partial charge in [0.2, 0.25) is 5.91 Å². The van der Waals surface area contributed by atoms with Gasteiger partial charge in [0.05, 0.1) is 17.6 Å². The van der Waals surface area contributed by atoms with Crippen molar-refractivity contribution in [3.63, 3.8) is 0 Å². The van der Waals surface area contributed by atoms with Crippen molar-refractivity contribution in [2.75, 3.05) is 19.6 Å². The van der Waals surface area contributed by atoms with Gasteiger partial charge in [-0.3, -0.25) is 9.59 Å². The van der Waals surface area contributed by atoms with Crippen LogP contribution in [-0.4, -0.2) is 52.4 Å². The molecule has 148 valence electrons. The molecule has 1 aromatic heterocycles. The minimum atomic E-state index is -0.554. The van der Waals surface area contributed by atoms with E-state index in [0.29, 0.717) is 18.7 Å². The molecule has 7 nitrogen and oxygen atoms in total. The molecule has 3 N–H and O–H groups in total. The summed E-state index contributed by atoms with van der Waals surface area (Å²) in [5.74, 6) is -0.239. The average Bonchev–Trinajstić information content (AvgIpc) is 3.19. The summed E-state index contributed by atoms with van der Waals surface area (Å²) < 4.78 is 0. The summed E-state index contributed by atoms with van der Waals surface area (Å²) in [5.41, 5.74) is 3.68. The molecule has 0 saturated carbocycles. The van der Waals surface area contributed by atoms with E-state index in [9.17, 15) is 9.59 Å². The summed E-state index contributed by atoms with van der Waals surface area (Å²) in [5, 5.41) is 6.49. The van der Waals surface area contributed by atoms with Crippen molar-refractivity contribution in [3.05, 3.63) is 53.1 Å². The van der Waals surface area contributed by atoms with Gasteiger partial charge in [0.25, 0.3) is 5.91 Å². The lowest BCUT2D eigenvalue weighted by molar-refractivity contribution is -0.134. The van der Waals surface area contributed by atoms with E-state index in [1.165, 1.54) is 5.69 Å². The number of benzene rings is 1. The SMILES string of the molecule is Cc1ccccc1C(=O)N[C@H](C)C(=O)N1CCC2(CC1)NCCc1[nH]cnc12. The van der Waals surface area contributed by atoms with Crippen molar-refractivity contribution in [2.45, 2.75) is 44.7 Å². The second-order valence-corrected chi connectivity index (χ2v) is 7.82. The number of imidazole rings is 1. The lowest BCUT2D eigenvalue weighted by Gasteiger charge is -2.44. The number of piperidine rings is 1. The normalized spacial score (nSPS) is 19.1. The molecule has 1 spiro atoms. The lowest BCUT2D eigenvalue weighted by Crippen LogP contribution is -2.57. The number of aromatic nitrogens is 2. The standard InChI is InChI=1S/C21H27N5O2/c1-14-5-3-4-6-16(14)19(27)25-15(2)20(28)26-11-8-21(9-12-26)18-17(7-10-24-21)22-13-23-18/h3-6,13,15,24H,7-12H2,1-2H3,(H,22,23)(H,25,27)/t15-/m1/s1. The highest BCUT2D eigenvalue weighted by molar-refractivity contribution is 5.98. The Morgan fingerprint density at radius 2 is 2.00 bits per heavy atom. The highest BCUT2D eigenvalue weighted by Crippen LogP contribution is 2.35. The number of hydrogen-bond donors (Lipinski definition) is 3. The zero-order chi connectivity index (χ0) is 19.7. The molecule has 0 radical (unpaired) electrons. The van der Waals surface area contributed by atoms with Gasteiger partial charge in [-0.1, -0.05) is 18.2 Å². The van der Waals surface area contributed by atoms with Gasteiger partial charge in [-0.2, -0.15) is 0 Å². The Labute approximate surface area is 164 Å². The van der Waals surface area contributed by atoms with Crippen molar-refractivity contribution in [1.82, 2.24) is 25.5 Å². The molecule has 4 rings (SSSR count). The minimum absolute atomic E-state index is 0.0326. The number of fused-ring (bicyclic) bond motifs is 2. The van der Waals surface area contributed by atoms with Crippen LogP contribution >= 0.6 is 0 Å². The van der Waals surface area contributed by atoms with Crippen LogP contribution in [0.1, 0.15) is 47.1 Å². The van der Waals surface area contributed by atoms with Gasteiger partial charge in [0.15, 0.2) is 0 Å². The average molecular weight is 381 g/mol. The molecule has 2 amide bonds. The summed E-state index contributed by atoms with van der Waals surface area (Å²) in [4.78, 5) is 35.0. The third-order valence-corrected chi connectivity index (χ3v) is 6.05. The summed E-state index contributed by atoms with van der Waals surface area (Å²) in [6, 6.07) is 6.85. The molecule has 0 unspecified atom stereocenters. The van der Waals surface area contributed by atoms with Crippen LogP contribution in [0.25, 0.3) is 0 Å². The zero-order valence-corrected chi connectivity index (χ0v) is 16.4. The first-order valence-electron chi connectivity index (χ1n) is 9.93. The molecular weight excluding hydrogens is 354 g/mol. The number of likely N-dealkylation sites (tertiary alicyclic amines) is 1. The number of aromatic amines is 1. The van der Waals surface area contributed by atoms with E-state index < -0.39 is 6.04 Å². The van der Waals surface area contributed by atoms with Crippen LogP contribution in [-0.2, 0) is 16.8 Å². The van der Waals surface area contributed by atoms with Gasteiger partial charge >= 0.3 is 0 Å². The zero-order valence-electron chi connectivity index (χ0n) is 16.4. The van der Waals surface area contributed by atoms with Crippen LogP contribution in [0, 0.1) is 6.92 Å². The number of aryl methyl sites for hydroxylation is 1. The number of H-pyrrole nitrogens is 1. The Kier molecular flexibility index (Phi) is 4.93. The molecule has 2 aliphatic rings. The van der Waals surface area contributed by atoms with Gasteiger partial charge < -0.3 is 20.5 Å². The van der Waals surface area contributed by atoms with E-state index >= 15 is 0 Å². The monoisotopic (exact) mass is 381 g/mol. The number of nitrogens with zero attached hydrogens (tertiary/aromatic N) is 2. The summed E-state index contributed by atoms with van der Waals surface area (Å²) in [6.45, 7) is 5.89. The maximum Gasteiger partial charge on any atom is 0.252 e. The highest BCUT2D eigenvalue weighted by Gasteiger charge is 2.42. The molecule has 3 heterocycles. The fourth-order valence-electron chi connectivity index (χ4n) is 4.39. The van der Waals surface area contributed by atoms with Gasteiger partial charge in [-0.05, 0) is 38.3 Å². The van der Waals surface area contributed by atoms with E-state index in [1.807, 2.05) is 30.0 Å². The van der Waals surface area contributed by atoms with Crippen molar-refractivity contribution in [2.24, 2.45) is 0 Å². The van der Waals surface area contributed by atoms with Crippen LogP contribution < -0.4 is 10.6 Å². The van der Waals surface area contributed by atoms with E-state index in [1.54, 1.807) is 19.3 Å². The molecule has 28 heavy (non-hydrogen) atoms. The predicted molar refractivity (Wildman–Crippen MR) is 106 cm³/mol. The first-order chi connectivity index (χ1) is 13.5. The van der Waals surface area contributed by atoms with Gasteiger partial charge in [0.1, 0.15) is 6.04 Å². The van der Waals surface area contributed by atoms with Gasteiger partial charge in [-0.15, -0.1) is 0 Å². The van der Waals surface area contributed by atoms with Crippen LogP contribution in [0.3, 0.4) is 0 Å². The maximum absolute atomic E-state index is 12.9. The third-order valence-electron chi connectivity index (χ3n) is 6.05. The number of carbonyl (C=O) groups is 2. The van der Waals surface area contributed by atoms with E-state index in [-0.39, 0.29) is 17.4 Å². The Hall–Kier alpha value is -2.67. The molecule has 0 aliphatic carbocycles. The number of carbonyl (C=O) groups excluding carboxylic acids is 2. The number of rotatable bonds is 3. The summed E-state index contributed by atoms with van der Waals surface area (Å²) >= 11 is 0. The van der Waals surface area contributed by atoms with Crippen LogP contribution in [0.2, 0.25) is 0 Å². The fraction of sp³-hybridized carbons (Fsp3) is 0.476. The number of amides is 2. The molecule has 7 heteroatoms. The second-order valence-electron chi connectivity index (χ2n) is 7.82. The van der Waals surface area contributed by atoms with Crippen molar-refractivity contribution in [3.8, 4) is 0 Å².